The largest absolute Gasteiger partial charge is 0.251 e. The zero-order valence-electron chi connectivity index (χ0n) is 15.2. The van der Waals surface area contributed by atoms with Gasteiger partial charge in [0.1, 0.15) is 6.61 Å². The second kappa shape index (κ2) is 7.29. The second-order valence-electron chi connectivity index (χ2n) is 6.66. The summed E-state index contributed by atoms with van der Waals surface area (Å²) in [5, 5.41) is 8.98. The maximum absolute atomic E-state index is 8.98. The van der Waals surface area contributed by atoms with Gasteiger partial charge in [0.05, 0.1) is 0 Å². The van der Waals surface area contributed by atoms with Crippen LogP contribution in [0.2, 0.25) is 0 Å². The molecule has 0 saturated carbocycles. The van der Waals surface area contributed by atoms with Gasteiger partial charge in [-0.2, -0.15) is 0 Å². The summed E-state index contributed by atoms with van der Waals surface area (Å²) in [4.78, 5) is 4.49. The minimum atomic E-state index is 0.260. The summed E-state index contributed by atoms with van der Waals surface area (Å²) in [6.07, 6.45) is 1.98. The maximum atomic E-state index is 8.98. The molecule has 23 heavy (non-hydrogen) atoms. The van der Waals surface area contributed by atoms with Crippen LogP contribution in [-0.4, -0.2) is 5.26 Å². The van der Waals surface area contributed by atoms with Crippen molar-refractivity contribution in [3.63, 3.8) is 0 Å². The van der Waals surface area contributed by atoms with E-state index in [2.05, 4.69) is 64.6 Å². The number of hydrogen-bond acceptors (Lipinski definition) is 2. The minimum Gasteiger partial charge on any atom is -0.251 e. The molecule has 0 aliphatic rings. The van der Waals surface area contributed by atoms with Crippen molar-refractivity contribution < 1.29 is 10.1 Å². The lowest BCUT2D eigenvalue weighted by Crippen LogP contribution is -2.08. The van der Waals surface area contributed by atoms with E-state index in [1.165, 1.54) is 44.5 Å². The van der Waals surface area contributed by atoms with Crippen LogP contribution in [0.25, 0.3) is 0 Å². The number of hydrogen-bond donors (Lipinski definition) is 1. The van der Waals surface area contributed by atoms with Gasteiger partial charge in [0.2, 0.25) is 0 Å². The normalized spacial score (nSPS) is 11.1. The quantitative estimate of drug-likeness (QED) is 0.598. The van der Waals surface area contributed by atoms with Gasteiger partial charge in [0, 0.05) is 0 Å². The Morgan fingerprint density at radius 1 is 0.783 bits per heavy atom. The van der Waals surface area contributed by atoms with E-state index in [0.717, 1.165) is 18.4 Å². The first kappa shape index (κ1) is 17.7. The van der Waals surface area contributed by atoms with Crippen molar-refractivity contribution in [2.45, 2.75) is 61.0 Å². The summed E-state index contributed by atoms with van der Waals surface area (Å²) < 4.78 is 0. The predicted octanol–water partition coefficient (Wildman–Crippen LogP) is 5.31. The van der Waals surface area contributed by atoms with Crippen LogP contribution in [0.3, 0.4) is 0 Å². The molecule has 124 valence electrons. The van der Waals surface area contributed by atoms with Crippen LogP contribution in [-0.2, 0) is 24.3 Å². The van der Waals surface area contributed by atoms with Crippen LogP contribution < -0.4 is 0 Å². The van der Waals surface area contributed by atoms with E-state index in [4.69, 9.17) is 5.26 Å². The van der Waals surface area contributed by atoms with Gasteiger partial charge in [0.25, 0.3) is 0 Å². The molecule has 0 spiro atoms. The highest BCUT2D eigenvalue weighted by Gasteiger charge is 2.15. The molecular weight excluding hydrogens is 284 g/mol. The summed E-state index contributed by atoms with van der Waals surface area (Å²) in [7, 11) is 0. The van der Waals surface area contributed by atoms with E-state index < -0.39 is 0 Å². The van der Waals surface area contributed by atoms with E-state index in [9.17, 15) is 0 Å². The molecular formula is C21H28O2. The number of rotatable bonds is 5. The summed E-state index contributed by atoms with van der Waals surface area (Å²) in [5.41, 5.74) is 11.7. The molecule has 2 rings (SSSR count). The van der Waals surface area contributed by atoms with E-state index >= 15 is 0 Å². The molecule has 0 atom stereocenters. The lowest BCUT2D eigenvalue weighted by molar-refractivity contribution is -0.253. The van der Waals surface area contributed by atoms with Crippen molar-refractivity contribution in [1.82, 2.24) is 0 Å². The number of aryl methyl sites for hydroxylation is 3. The van der Waals surface area contributed by atoms with Crippen LogP contribution in [0.1, 0.15) is 50.1 Å². The average molecular weight is 312 g/mol. The summed E-state index contributed by atoms with van der Waals surface area (Å²) >= 11 is 0. The van der Waals surface area contributed by atoms with Crippen molar-refractivity contribution in [2.24, 2.45) is 0 Å². The van der Waals surface area contributed by atoms with Gasteiger partial charge in [-0.1, -0.05) is 23.8 Å². The fourth-order valence-electron chi connectivity index (χ4n) is 3.45. The highest BCUT2D eigenvalue weighted by atomic mass is 17.1. The Morgan fingerprint density at radius 2 is 1.39 bits per heavy atom. The molecule has 0 heterocycles. The SMILES string of the molecule is Cc1ccc(CCc2c(C)c(C)c(C)c(C)c2COO)c(C)c1. The van der Waals surface area contributed by atoms with Crippen LogP contribution >= 0.6 is 0 Å². The van der Waals surface area contributed by atoms with Gasteiger partial charge in [-0.05, 0) is 98.9 Å². The van der Waals surface area contributed by atoms with Gasteiger partial charge in [0.15, 0.2) is 0 Å². The van der Waals surface area contributed by atoms with Gasteiger partial charge in [-0.25, -0.2) is 4.89 Å². The summed E-state index contributed by atoms with van der Waals surface area (Å²) in [6, 6.07) is 6.65. The second-order valence-corrected chi connectivity index (χ2v) is 6.66. The van der Waals surface area contributed by atoms with Gasteiger partial charge >= 0.3 is 0 Å². The Labute approximate surface area is 140 Å². The summed E-state index contributed by atoms with van der Waals surface area (Å²) in [5.74, 6) is 0. The first-order valence-corrected chi connectivity index (χ1v) is 8.27. The Morgan fingerprint density at radius 3 is 1.96 bits per heavy atom. The Hall–Kier alpha value is -1.64. The molecule has 0 fully saturated rings. The first-order chi connectivity index (χ1) is 10.9. The highest BCUT2D eigenvalue weighted by Crippen LogP contribution is 2.28. The van der Waals surface area contributed by atoms with Crippen molar-refractivity contribution in [3.8, 4) is 0 Å². The molecule has 2 heteroatoms. The van der Waals surface area contributed by atoms with Crippen molar-refractivity contribution in [1.29, 1.82) is 0 Å². The molecule has 2 aromatic rings. The fraction of sp³-hybridized carbons (Fsp3) is 0.429. The topological polar surface area (TPSA) is 29.5 Å². The third-order valence-corrected chi connectivity index (χ3v) is 5.31. The van der Waals surface area contributed by atoms with E-state index in [1.807, 2.05) is 0 Å². The van der Waals surface area contributed by atoms with Gasteiger partial charge in [-0.15, -0.1) is 0 Å². The zero-order valence-corrected chi connectivity index (χ0v) is 15.2. The van der Waals surface area contributed by atoms with Crippen molar-refractivity contribution >= 4 is 0 Å². The predicted molar refractivity (Wildman–Crippen MR) is 96.1 cm³/mol. The van der Waals surface area contributed by atoms with Crippen molar-refractivity contribution in [2.75, 3.05) is 0 Å². The number of benzene rings is 2. The minimum absolute atomic E-state index is 0.260. The standard InChI is InChI=1S/C21H28O2/c1-13-7-8-19(14(2)11-13)9-10-20-17(5)15(3)16(4)18(6)21(20)12-23-22/h7-8,11,22H,9-10,12H2,1-6H3. The molecule has 0 aromatic heterocycles. The fourth-order valence-corrected chi connectivity index (χ4v) is 3.45. The molecule has 0 aliphatic heterocycles. The molecule has 2 aromatic carbocycles. The first-order valence-electron chi connectivity index (χ1n) is 8.27. The smallest absolute Gasteiger partial charge is 0.108 e. The molecule has 0 saturated heterocycles. The van der Waals surface area contributed by atoms with Crippen LogP contribution in [0, 0.1) is 41.5 Å². The molecule has 0 amide bonds. The lowest BCUT2D eigenvalue weighted by Gasteiger charge is -2.20. The third-order valence-electron chi connectivity index (χ3n) is 5.31. The van der Waals surface area contributed by atoms with Crippen LogP contribution in [0.15, 0.2) is 18.2 Å². The summed E-state index contributed by atoms with van der Waals surface area (Å²) in [6.45, 7) is 13.2. The van der Waals surface area contributed by atoms with Gasteiger partial charge in [-0.3, -0.25) is 5.26 Å². The Kier molecular flexibility index (Phi) is 5.61. The zero-order chi connectivity index (χ0) is 17.1. The molecule has 1 N–H and O–H groups in total. The highest BCUT2D eigenvalue weighted by molar-refractivity contribution is 5.50. The van der Waals surface area contributed by atoms with Crippen LogP contribution in [0.5, 0.6) is 0 Å². The average Bonchev–Trinajstić information content (AvgIpc) is 2.52. The molecule has 0 aliphatic carbocycles. The molecule has 0 unspecified atom stereocenters. The van der Waals surface area contributed by atoms with E-state index in [-0.39, 0.29) is 6.61 Å². The molecule has 0 bridgehead atoms. The van der Waals surface area contributed by atoms with Crippen molar-refractivity contribution in [3.05, 3.63) is 68.3 Å². The monoisotopic (exact) mass is 312 g/mol. The van der Waals surface area contributed by atoms with Crippen LogP contribution in [0.4, 0.5) is 0 Å². The van der Waals surface area contributed by atoms with Gasteiger partial charge < -0.3 is 0 Å². The maximum Gasteiger partial charge on any atom is 0.108 e. The molecule has 0 radical (unpaired) electrons. The lowest BCUT2D eigenvalue weighted by atomic mass is 9.86. The van der Waals surface area contributed by atoms with E-state index in [0.29, 0.717) is 0 Å². The Balaban J connectivity index is 2.38. The third kappa shape index (κ3) is 3.65. The van der Waals surface area contributed by atoms with E-state index in [1.54, 1.807) is 0 Å². The Bertz CT molecular complexity index is 715. The molecule has 2 nitrogen and oxygen atoms in total.